The summed E-state index contributed by atoms with van der Waals surface area (Å²) in [5.74, 6) is 1.66. The van der Waals surface area contributed by atoms with E-state index in [1.807, 2.05) is 38.1 Å². The summed E-state index contributed by atoms with van der Waals surface area (Å²) in [5.41, 5.74) is 8.01. The lowest BCUT2D eigenvalue weighted by atomic mass is 10.0. The van der Waals surface area contributed by atoms with Gasteiger partial charge in [0.2, 0.25) is 0 Å². The minimum atomic E-state index is -0.493. The van der Waals surface area contributed by atoms with Gasteiger partial charge in [-0.25, -0.2) is 4.79 Å². The number of carbonyl (C=O) groups excluding carboxylic acids is 1. The summed E-state index contributed by atoms with van der Waals surface area (Å²) in [4.78, 5) is 19.7. The number of fused-ring (bicyclic) bond motifs is 6. The molecule has 48 heavy (non-hydrogen) atoms. The van der Waals surface area contributed by atoms with Gasteiger partial charge >= 0.3 is 6.09 Å². The van der Waals surface area contributed by atoms with Gasteiger partial charge in [-0.2, -0.15) is 10.2 Å². The Morgan fingerprint density at radius 3 is 1.88 bits per heavy atom. The van der Waals surface area contributed by atoms with Crippen LogP contribution in [0.1, 0.15) is 27.2 Å². The number of ether oxygens (including phenoxy) is 2. The number of H-pyrrole nitrogens is 2. The van der Waals surface area contributed by atoms with E-state index in [9.17, 15) is 4.79 Å². The molecule has 242 valence electrons. The van der Waals surface area contributed by atoms with Crippen LogP contribution in [0.15, 0.2) is 85.2 Å². The molecule has 1 amide bonds. The molecule has 10 heteroatoms. The Kier molecular flexibility index (Phi) is 6.52. The largest absolute Gasteiger partial charge is 0.453 e. The Balaban J connectivity index is 1.02. The van der Waals surface area contributed by atoms with E-state index >= 15 is 0 Å². The maximum atomic E-state index is 12.9. The zero-order valence-corrected chi connectivity index (χ0v) is 27.2. The van der Waals surface area contributed by atoms with Crippen LogP contribution < -0.4 is 9.64 Å². The molecule has 0 unspecified atom stereocenters. The maximum Gasteiger partial charge on any atom is 0.410 e. The Hall–Kier alpha value is -5.35. The van der Waals surface area contributed by atoms with E-state index in [1.54, 1.807) is 0 Å². The molecule has 2 saturated heterocycles. The van der Waals surface area contributed by atoms with Crippen molar-refractivity contribution in [3.8, 4) is 33.8 Å². The Morgan fingerprint density at radius 2 is 1.33 bits per heavy atom. The standard InChI is InChI=1S/C38H37N7O3/c1-38(2,3)48-37(46)45-22-29-18-30(45)21-43(29)12-13-44-33-10-6-25(23-4-8-31-27(14-23)19-39-41-31)16-35(33)47-36-17-26(7-11-34(36)44)24-5-9-32-28(15-24)20-40-42-32/h4-11,14-17,19-20,29-30H,12-13,18,21-22H2,1-3H3,(H,39,41)(H,40,42)/t29-,30-/m0/s1. The molecule has 2 fully saturated rings. The van der Waals surface area contributed by atoms with Gasteiger partial charge < -0.3 is 19.3 Å². The normalized spacial score (nSPS) is 18.7. The van der Waals surface area contributed by atoms with Crippen molar-refractivity contribution in [3.05, 3.63) is 85.2 Å². The summed E-state index contributed by atoms with van der Waals surface area (Å²) < 4.78 is 12.4. The van der Waals surface area contributed by atoms with Gasteiger partial charge in [0.05, 0.1) is 34.8 Å². The molecular weight excluding hydrogens is 602 g/mol. The number of aromatic nitrogens is 4. The van der Waals surface area contributed by atoms with Crippen LogP contribution in [0.25, 0.3) is 44.1 Å². The zero-order valence-electron chi connectivity index (χ0n) is 27.2. The summed E-state index contributed by atoms with van der Waals surface area (Å²) >= 11 is 0. The number of hydrogen-bond acceptors (Lipinski definition) is 7. The number of amides is 1. The number of hydrogen-bond donors (Lipinski definition) is 2. The van der Waals surface area contributed by atoms with Crippen LogP contribution >= 0.6 is 0 Å². The van der Waals surface area contributed by atoms with E-state index in [0.717, 1.165) is 93.0 Å². The first-order chi connectivity index (χ1) is 23.3. The number of rotatable bonds is 5. The van der Waals surface area contributed by atoms with Gasteiger partial charge in [0.1, 0.15) is 5.60 Å². The highest BCUT2D eigenvalue weighted by molar-refractivity contribution is 5.88. The molecule has 4 aromatic carbocycles. The fraction of sp³-hybridized carbons (Fsp3) is 0.289. The van der Waals surface area contributed by atoms with Crippen molar-refractivity contribution in [1.29, 1.82) is 0 Å². The lowest BCUT2D eigenvalue weighted by Gasteiger charge is -2.38. The molecule has 0 aliphatic carbocycles. The Labute approximate surface area is 278 Å². The summed E-state index contributed by atoms with van der Waals surface area (Å²) in [6, 6.07) is 26.2. The van der Waals surface area contributed by atoms with Crippen LogP contribution in [0, 0.1) is 0 Å². The number of likely N-dealkylation sites (tertiary alicyclic amines) is 2. The predicted molar refractivity (Wildman–Crippen MR) is 187 cm³/mol. The monoisotopic (exact) mass is 639 g/mol. The second-order valence-electron chi connectivity index (χ2n) is 14.1. The third-order valence-electron chi connectivity index (χ3n) is 9.86. The Bertz CT molecular complexity index is 2070. The second-order valence-corrected chi connectivity index (χ2v) is 14.1. The molecular formula is C38H37N7O3. The molecule has 2 atom stereocenters. The van der Waals surface area contributed by atoms with Crippen molar-refractivity contribution >= 4 is 39.3 Å². The zero-order chi connectivity index (χ0) is 32.6. The van der Waals surface area contributed by atoms with Gasteiger partial charge in [-0.15, -0.1) is 0 Å². The Morgan fingerprint density at radius 1 is 0.771 bits per heavy atom. The van der Waals surface area contributed by atoms with Gasteiger partial charge in [0, 0.05) is 49.0 Å². The molecule has 2 N–H and O–H groups in total. The summed E-state index contributed by atoms with van der Waals surface area (Å²) in [7, 11) is 0. The molecule has 3 aliphatic rings. The number of nitrogens with zero attached hydrogens (tertiary/aromatic N) is 5. The van der Waals surface area contributed by atoms with Crippen LogP contribution in [-0.4, -0.2) is 80.2 Å². The van der Waals surface area contributed by atoms with Crippen LogP contribution in [0.3, 0.4) is 0 Å². The third kappa shape index (κ3) is 5.04. The second kappa shape index (κ2) is 10.8. The lowest BCUT2D eigenvalue weighted by Crippen LogP contribution is -2.51. The predicted octanol–water partition coefficient (Wildman–Crippen LogP) is 7.71. The number of anilines is 2. The average Bonchev–Trinajstić information content (AvgIpc) is 3.89. The van der Waals surface area contributed by atoms with Gasteiger partial charge in [-0.1, -0.05) is 24.3 Å². The lowest BCUT2D eigenvalue weighted by molar-refractivity contribution is 0.0132. The van der Waals surface area contributed by atoms with Crippen molar-refractivity contribution < 1.29 is 14.3 Å². The highest BCUT2D eigenvalue weighted by Crippen LogP contribution is 2.49. The summed E-state index contributed by atoms with van der Waals surface area (Å²) in [6.07, 6.45) is 4.50. The van der Waals surface area contributed by atoms with Crippen molar-refractivity contribution in [2.45, 2.75) is 44.9 Å². The molecule has 10 nitrogen and oxygen atoms in total. The minimum Gasteiger partial charge on any atom is -0.453 e. The van der Waals surface area contributed by atoms with Crippen molar-refractivity contribution in [3.63, 3.8) is 0 Å². The van der Waals surface area contributed by atoms with Gasteiger partial charge in [0.25, 0.3) is 0 Å². The van der Waals surface area contributed by atoms with Crippen LogP contribution in [0.4, 0.5) is 16.2 Å². The fourth-order valence-corrected chi connectivity index (χ4v) is 7.53. The number of carbonyl (C=O) groups is 1. The van der Waals surface area contributed by atoms with Crippen molar-refractivity contribution in [2.75, 3.05) is 31.1 Å². The first-order valence-corrected chi connectivity index (χ1v) is 16.6. The smallest absolute Gasteiger partial charge is 0.410 e. The summed E-state index contributed by atoms with van der Waals surface area (Å²) in [5, 5.41) is 16.6. The molecule has 0 saturated carbocycles. The van der Waals surface area contributed by atoms with Crippen molar-refractivity contribution in [1.82, 2.24) is 30.2 Å². The molecule has 2 aromatic heterocycles. The van der Waals surface area contributed by atoms with Crippen LogP contribution in [0.5, 0.6) is 11.5 Å². The number of piperazine rings is 1. The van der Waals surface area contributed by atoms with E-state index in [1.165, 1.54) is 0 Å². The van der Waals surface area contributed by atoms with Gasteiger partial charge in [-0.05, 0) is 98.0 Å². The maximum absolute atomic E-state index is 12.9. The molecule has 3 aliphatic heterocycles. The SMILES string of the molecule is CC(C)(C)OC(=O)N1C[C@@H]2C[C@H]1CN2CCN1c2ccc(-c3ccc4[nH]ncc4c3)cc2Oc2cc(-c3ccc4[nH]ncc4c3)ccc21. The summed E-state index contributed by atoms with van der Waals surface area (Å²) in [6.45, 7) is 9.01. The first-order valence-electron chi connectivity index (χ1n) is 16.6. The molecule has 2 bridgehead atoms. The minimum absolute atomic E-state index is 0.194. The number of benzene rings is 4. The van der Waals surface area contributed by atoms with E-state index in [2.05, 4.69) is 103 Å². The van der Waals surface area contributed by atoms with Crippen molar-refractivity contribution in [2.24, 2.45) is 0 Å². The van der Waals surface area contributed by atoms with Gasteiger partial charge in [-0.3, -0.25) is 15.1 Å². The first kappa shape index (κ1) is 28.8. The molecule has 6 aromatic rings. The van der Waals surface area contributed by atoms with Crippen LogP contribution in [0.2, 0.25) is 0 Å². The highest BCUT2D eigenvalue weighted by Gasteiger charge is 2.46. The van der Waals surface area contributed by atoms with E-state index in [0.29, 0.717) is 12.6 Å². The topological polar surface area (TPSA) is 103 Å². The number of nitrogens with one attached hydrogen (secondary N) is 2. The molecule has 5 heterocycles. The highest BCUT2D eigenvalue weighted by atomic mass is 16.6. The fourth-order valence-electron chi connectivity index (χ4n) is 7.53. The van der Waals surface area contributed by atoms with Gasteiger partial charge in [0.15, 0.2) is 11.5 Å². The van der Waals surface area contributed by atoms with Crippen LogP contribution in [-0.2, 0) is 4.74 Å². The molecule has 0 radical (unpaired) electrons. The molecule has 9 rings (SSSR count). The van der Waals surface area contributed by atoms with E-state index in [4.69, 9.17) is 9.47 Å². The quantitative estimate of drug-likeness (QED) is 0.199. The third-order valence-corrected chi connectivity index (χ3v) is 9.86. The van der Waals surface area contributed by atoms with E-state index in [-0.39, 0.29) is 12.1 Å². The number of aromatic amines is 2. The average molecular weight is 640 g/mol. The molecule has 0 spiro atoms. The van der Waals surface area contributed by atoms with E-state index < -0.39 is 5.60 Å².